The molecule has 1 unspecified atom stereocenters. The van der Waals surface area contributed by atoms with E-state index in [1.807, 2.05) is 24.9 Å². The lowest BCUT2D eigenvalue weighted by Gasteiger charge is -2.27. The van der Waals surface area contributed by atoms with Gasteiger partial charge in [-0.3, -0.25) is 14.6 Å². The van der Waals surface area contributed by atoms with Gasteiger partial charge in [-0.15, -0.1) is 0 Å². The average molecular weight is 358 g/mol. The van der Waals surface area contributed by atoms with Crippen molar-refractivity contribution in [2.45, 2.75) is 32.9 Å². The smallest absolute Gasteiger partial charge is 0.336 e. The summed E-state index contributed by atoms with van der Waals surface area (Å²) in [7, 11) is 3.37. The fraction of sp³-hybridized carbons (Fsp3) is 0.500. The summed E-state index contributed by atoms with van der Waals surface area (Å²) in [6.45, 7) is 6.95. The summed E-state index contributed by atoms with van der Waals surface area (Å²) >= 11 is 0. The molecule has 6 nitrogen and oxygen atoms in total. The summed E-state index contributed by atoms with van der Waals surface area (Å²) in [6.07, 6.45) is 0.960. The van der Waals surface area contributed by atoms with Crippen LogP contribution in [0.5, 0.6) is 0 Å². The molecule has 1 saturated heterocycles. The molecule has 1 aliphatic heterocycles. The zero-order chi connectivity index (χ0) is 18.8. The van der Waals surface area contributed by atoms with Gasteiger partial charge in [-0.05, 0) is 69.2 Å². The molecular formula is C20H26N2O4. The Kier molecular flexibility index (Phi) is 5.44. The van der Waals surface area contributed by atoms with Crippen LogP contribution in [0.4, 0.5) is 0 Å². The Bertz CT molecular complexity index is 874. The number of hydrogen-bond donors (Lipinski definition) is 0. The van der Waals surface area contributed by atoms with E-state index in [4.69, 9.17) is 9.15 Å². The van der Waals surface area contributed by atoms with Gasteiger partial charge >= 0.3 is 11.6 Å². The van der Waals surface area contributed by atoms with Gasteiger partial charge in [0.2, 0.25) is 0 Å². The molecule has 0 spiro atoms. The van der Waals surface area contributed by atoms with E-state index in [2.05, 4.69) is 17.9 Å². The van der Waals surface area contributed by atoms with Gasteiger partial charge in [-0.1, -0.05) is 0 Å². The van der Waals surface area contributed by atoms with Crippen molar-refractivity contribution in [2.75, 3.05) is 33.8 Å². The fourth-order valence-electron chi connectivity index (χ4n) is 3.56. The van der Waals surface area contributed by atoms with Gasteiger partial charge in [0.25, 0.3) is 0 Å². The van der Waals surface area contributed by atoms with Crippen LogP contribution < -0.4 is 5.63 Å². The first-order chi connectivity index (χ1) is 12.4. The van der Waals surface area contributed by atoms with Gasteiger partial charge in [-0.2, -0.15) is 0 Å². The van der Waals surface area contributed by atoms with Gasteiger partial charge in [-0.25, -0.2) is 4.79 Å². The second kappa shape index (κ2) is 7.60. The van der Waals surface area contributed by atoms with Gasteiger partial charge < -0.3 is 9.15 Å². The van der Waals surface area contributed by atoms with E-state index in [9.17, 15) is 9.59 Å². The number of fused-ring (bicyclic) bond motifs is 1. The molecule has 0 aliphatic carbocycles. The molecule has 6 heteroatoms. The maximum absolute atomic E-state index is 12.1. The van der Waals surface area contributed by atoms with Crippen LogP contribution in [0.3, 0.4) is 0 Å². The van der Waals surface area contributed by atoms with E-state index in [1.165, 1.54) is 7.11 Å². The number of hydrogen-bond acceptors (Lipinski definition) is 6. The SMILES string of the molecule is COC(=O)C1CN(Cc2cc(=O)oc3cc(C)c(C)cc23)CCCN1C. The molecule has 1 atom stereocenters. The molecule has 1 aliphatic rings. The molecule has 1 aromatic heterocycles. The number of carbonyl (C=O) groups is 1. The van der Waals surface area contributed by atoms with Gasteiger partial charge in [0.15, 0.2) is 0 Å². The number of nitrogens with zero attached hydrogens (tertiary/aromatic N) is 2. The molecular weight excluding hydrogens is 332 g/mol. The van der Waals surface area contributed by atoms with Crippen molar-refractivity contribution in [1.29, 1.82) is 0 Å². The van der Waals surface area contributed by atoms with Crippen molar-refractivity contribution in [3.05, 3.63) is 45.3 Å². The highest BCUT2D eigenvalue weighted by Crippen LogP contribution is 2.23. The monoisotopic (exact) mass is 358 g/mol. The van der Waals surface area contributed by atoms with Crippen molar-refractivity contribution in [3.63, 3.8) is 0 Å². The van der Waals surface area contributed by atoms with Gasteiger partial charge in [0.1, 0.15) is 11.6 Å². The van der Waals surface area contributed by atoms with Crippen LogP contribution >= 0.6 is 0 Å². The van der Waals surface area contributed by atoms with Crippen molar-refractivity contribution < 1.29 is 13.9 Å². The summed E-state index contributed by atoms with van der Waals surface area (Å²) in [4.78, 5) is 28.4. The molecule has 0 amide bonds. The number of aryl methyl sites for hydroxylation is 2. The summed E-state index contributed by atoms with van der Waals surface area (Å²) in [6, 6.07) is 5.27. The van der Waals surface area contributed by atoms with Crippen molar-refractivity contribution in [3.8, 4) is 0 Å². The van der Waals surface area contributed by atoms with E-state index in [0.29, 0.717) is 18.7 Å². The summed E-state index contributed by atoms with van der Waals surface area (Å²) in [5.74, 6) is -0.219. The van der Waals surface area contributed by atoms with Crippen LogP contribution in [0.15, 0.2) is 27.4 Å². The van der Waals surface area contributed by atoms with Crippen molar-refractivity contribution in [1.82, 2.24) is 9.80 Å². The second-order valence-electron chi connectivity index (χ2n) is 7.13. The lowest BCUT2D eigenvalue weighted by atomic mass is 10.0. The molecule has 2 heterocycles. The minimum Gasteiger partial charge on any atom is -0.468 e. The maximum Gasteiger partial charge on any atom is 0.336 e. The Balaban J connectivity index is 1.93. The van der Waals surface area contributed by atoms with E-state index >= 15 is 0 Å². The predicted octanol–water partition coefficient (Wildman–Crippen LogP) is 2.09. The standard InChI is InChI=1S/C20H26N2O4/c1-13-8-16-15(10-19(23)26-18(16)9-14(13)2)11-22-7-5-6-21(3)17(12-22)20(24)25-4/h8-10,17H,5-7,11-12H2,1-4H3. The van der Waals surface area contributed by atoms with Crippen LogP contribution in [-0.2, 0) is 16.1 Å². The van der Waals surface area contributed by atoms with Crippen LogP contribution in [0.2, 0.25) is 0 Å². The third-order valence-electron chi connectivity index (χ3n) is 5.26. The van der Waals surface area contributed by atoms with Crippen LogP contribution in [0, 0.1) is 13.8 Å². The molecule has 26 heavy (non-hydrogen) atoms. The molecule has 2 aromatic rings. The van der Waals surface area contributed by atoms with Crippen LogP contribution in [0.25, 0.3) is 11.0 Å². The number of likely N-dealkylation sites (N-methyl/N-ethyl adjacent to an activating group) is 1. The Hall–Kier alpha value is -2.18. The maximum atomic E-state index is 12.1. The lowest BCUT2D eigenvalue weighted by Crippen LogP contribution is -2.45. The third kappa shape index (κ3) is 3.81. The highest BCUT2D eigenvalue weighted by molar-refractivity contribution is 5.82. The normalized spacial score (nSPS) is 19.5. The Labute approximate surface area is 153 Å². The number of carbonyl (C=O) groups excluding carboxylic acids is 1. The Morgan fingerprint density at radius 2 is 1.96 bits per heavy atom. The first-order valence-corrected chi connectivity index (χ1v) is 8.93. The topological polar surface area (TPSA) is 63.0 Å². The Morgan fingerprint density at radius 1 is 1.23 bits per heavy atom. The van der Waals surface area contributed by atoms with Gasteiger partial charge in [0, 0.05) is 24.5 Å². The number of rotatable bonds is 3. The van der Waals surface area contributed by atoms with Crippen LogP contribution in [-0.4, -0.2) is 55.6 Å². The molecule has 140 valence electrons. The number of esters is 1. The molecule has 0 saturated carbocycles. The summed E-state index contributed by atoms with van der Waals surface area (Å²) < 4.78 is 10.3. The zero-order valence-corrected chi connectivity index (χ0v) is 15.9. The van der Waals surface area contributed by atoms with Gasteiger partial charge in [0.05, 0.1) is 7.11 Å². The van der Waals surface area contributed by atoms with Crippen molar-refractivity contribution >= 4 is 16.9 Å². The highest BCUT2D eigenvalue weighted by atomic mass is 16.5. The molecule has 3 rings (SSSR count). The van der Waals surface area contributed by atoms with Crippen LogP contribution in [0.1, 0.15) is 23.1 Å². The molecule has 0 N–H and O–H groups in total. The summed E-state index contributed by atoms with van der Waals surface area (Å²) in [5, 5.41) is 0.958. The second-order valence-corrected chi connectivity index (χ2v) is 7.13. The third-order valence-corrected chi connectivity index (χ3v) is 5.26. The molecule has 1 fully saturated rings. The van der Waals surface area contributed by atoms with E-state index in [0.717, 1.165) is 41.6 Å². The average Bonchev–Trinajstić information content (AvgIpc) is 2.77. The van der Waals surface area contributed by atoms with E-state index in [-0.39, 0.29) is 17.6 Å². The largest absolute Gasteiger partial charge is 0.468 e. The minimum atomic E-state index is -0.341. The number of ether oxygens (including phenoxy) is 1. The lowest BCUT2D eigenvalue weighted by molar-refractivity contribution is -0.146. The fourth-order valence-corrected chi connectivity index (χ4v) is 3.56. The number of benzene rings is 1. The first-order valence-electron chi connectivity index (χ1n) is 8.93. The van der Waals surface area contributed by atoms with E-state index < -0.39 is 0 Å². The quantitative estimate of drug-likeness (QED) is 0.618. The minimum absolute atomic E-state index is 0.219. The Morgan fingerprint density at radius 3 is 2.69 bits per heavy atom. The number of methoxy groups -OCH3 is 1. The predicted molar refractivity (Wildman–Crippen MR) is 100 cm³/mol. The molecule has 1 aromatic carbocycles. The van der Waals surface area contributed by atoms with E-state index in [1.54, 1.807) is 6.07 Å². The van der Waals surface area contributed by atoms with Crippen molar-refractivity contribution in [2.24, 2.45) is 0 Å². The highest BCUT2D eigenvalue weighted by Gasteiger charge is 2.29. The zero-order valence-electron chi connectivity index (χ0n) is 15.9. The first kappa shape index (κ1) is 18.6. The molecule has 0 radical (unpaired) electrons. The molecule has 0 bridgehead atoms. The summed E-state index contributed by atoms with van der Waals surface area (Å²) in [5.41, 5.74) is 3.47.